The number of rotatable bonds is 4. The smallest absolute Gasteiger partial charge is 0.412 e. The van der Waals surface area contributed by atoms with E-state index < -0.39 is 29.8 Å². The Morgan fingerprint density at radius 2 is 1.95 bits per heavy atom. The van der Waals surface area contributed by atoms with Crippen molar-refractivity contribution in [2.24, 2.45) is 5.73 Å². The third-order valence-electron chi connectivity index (χ3n) is 2.50. The fourth-order valence-electron chi connectivity index (χ4n) is 1.56. The molecule has 0 heterocycles. The van der Waals surface area contributed by atoms with Crippen LogP contribution >= 0.6 is 0 Å². The van der Waals surface area contributed by atoms with E-state index >= 15 is 0 Å². The molecule has 0 aromatic heterocycles. The van der Waals surface area contributed by atoms with Gasteiger partial charge in [0.25, 0.3) is 0 Å². The van der Waals surface area contributed by atoms with E-state index in [1.807, 2.05) is 0 Å². The first-order valence-electron chi connectivity index (χ1n) is 6.36. The summed E-state index contributed by atoms with van der Waals surface area (Å²) in [6.45, 7) is 5.20. The molecule has 1 rings (SSSR count). The number of carbonyl (C=O) groups excluding carboxylic acids is 1. The lowest BCUT2D eigenvalue weighted by Gasteiger charge is -2.20. The van der Waals surface area contributed by atoms with Gasteiger partial charge in [-0.2, -0.15) is 0 Å². The first-order chi connectivity index (χ1) is 9.60. The maximum atomic E-state index is 11.6. The highest BCUT2D eigenvalue weighted by Crippen LogP contribution is 2.20. The topological polar surface area (TPSA) is 122 Å². The number of aliphatic hydroxyl groups is 1. The van der Waals surface area contributed by atoms with Crippen LogP contribution < -0.4 is 11.1 Å². The molecular weight excluding hydrogens is 276 g/mol. The molecule has 0 saturated carbocycles. The van der Waals surface area contributed by atoms with Crippen LogP contribution in [-0.2, 0) is 9.53 Å². The van der Waals surface area contributed by atoms with Crippen molar-refractivity contribution in [1.82, 2.24) is 0 Å². The quantitative estimate of drug-likeness (QED) is 0.667. The summed E-state index contributed by atoms with van der Waals surface area (Å²) in [7, 11) is 0. The Balaban J connectivity index is 2.81. The second-order valence-electron chi connectivity index (χ2n) is 5.56. The standard InChI is InChI=1S/C14H20N2O5/c1-14(2,3)21-13(20)16-9-6-4-5-8(7-9)11(17)10(15)12(18)19/h4-7,10-11,17H,15H2,1-3H3,(H,16,20)(H,18,19). The van der Waals surface area contributed by atoms with E-state index in [0.717, 1.165) is 0 Å². The first-order valence-corrected chi connectivity index (χ1v) is 6.36. The van der Waals surface area contributed by atoms with Crippen LogP contribution in [0, 0.1) is 0 Å². The normalized spacial score (nSPS) is 14.1. The van der Waals surface area contributed by atoms with Crippen molar-refractivity contribution >= 4 is 17.7 Å². The number of benzene rings is 1. The van der Waals surface area contributed by atoms with Gasteiger partial charge >= 0.3 is 12.1 Å². The predicted octanol–water partition coefficient (Wildman–Crippen LogP) is 1.48. The van der Waals surface area contributed by atoms with Crippen LogP contribution in [0.1, 0.15) is 32.4 Å². The molecule has 21 heavy (non-hydrogen) atoms. The molecule has 0 bridgehead atoms. The van der Waals surface area contributed by atoms with E-state index in [1.54, 1.807) is 32.9 Å². The zero-order chi connectivity index (χ0) is 16.2. The number of carboxylic acid groups (broad SMARTS) is 1. The van der Waals surface area contributed by atoms with Crippen molar-refractivity contribution in [3.63, 3.8) is 0 Å². The second kappa shape index (κ2) is 6.55. The van der Waals surface area contributed by atoms with Gasteiger partial charge in [-0.15, -0.1) is 0 Å². The summed E-state index contributed by atoms with van der Waals surface area (Å²) in [6.07, 6.45) is -2.01. The van der Waals surface area contributed by atoms with Crippen LogP contribution in [0.5, 0.6) is 0 Å². The summed E-state index contributed by atoms with van der Waals surface area (Å²) < 4.78 is 5.10. The maximum absolute atomic E-state index is 11.6. The highest BCUT2D eigenvalue weighted by atomic mass is 16.6. The molecule has 1 aromatic rings. The Kier molecular flexibility index (Phi) is 5.28. The van der Waals surface area contributed by atoms with Crippen molar-refractivity contribution < 1.29 is 24.5 Å². The lowest BCUT2D eigenvalue weighted by molar-refractivity contribution is -0.141. The molecular formula is C14H20N2O5. The number of anilines is 1. The van der Waals surface area contributed by atoms with Crippen LogP contribution in [0.4, 0.5) is 10.5 Å². The zero-order valence-corrected chi connectivity index (χ0v) is 12.2. The van der Waals surface area contributed by atoms with Gasteiger partial charge in [0.15, 0.2) is 0 Å². The fourth-order valence-corrected chi connectivity index (χ4v) is 1.56. The van der Waals surface area contributed by atoms with Gasteiger partial charge < -0.3 is 20.7 Å². The number of carbonyl (C=O) groups is 2. The lowest BCUT2D eigenvalue weighted by atomic mass is 10.0. The minimum absolute atomic E-state index is 0.290. The first kappa shape index (κ1) is 16.9. The van der Waals surface area contributed by atoms with Crippen molar-refractivity contribution in [2.75, 3.05) is 5.32 Å². The van der Waals surface area contributed by atoms with E-state index in [9.17, 15) is 14.7 Å². The summed E-state index contributed by atoms with van der Waals surface area (Å²) in [5, 5.41) is 21.1. The number of amides is 1. The predicted molar refractivity (Wildman–Crippen MR) is 76.9 cm³/mol. The van der Waals surface area contributed by atoms with Gasteiger partial charge in [0.2, 0.25) is 0 Å². The Hall–Kier alpha value is -2.12. The molecule has 1 aromatic carbocycles. The van der Waals surface area contributed by atoms with Crippen molar-refractivity contribution in [2.45, 2.75) is 38.5 Å². The molecule has 1 amide bonds. The summed E-state index contributed by atoms with van der Waals surface area (Å²) in [5.74, 6) is -1.31. The molecule has 2 unspecified atom stereocenters. The SMILES string of the molecule is CC(C)(C)OC(=O)Nc1cccc(C(O)C(N)C(=O)O)c1. The molecule has 116 valence electrons. The van der Waals surface area contributed by atoms with E-state index in [0.29, 0.717) is 11.3 Å². The van der Waals surface area contributed by atoms with Gasteiger partial charge in [0.05, 0.1) is 0 Å². The molecule has 0 radical (unpaired) electrons. The Bertz CT molecular complexity index is 524. The average Bonchev–Trinajstić information content (AvgIpc) is 2.34. The largest absolute Gasteiger partial charge is 0.480 e. The Morgan fingerprint density at radius 3 is 2.48 bits per heavy atom. The molecule has 0 spiro atoms. The van der Waals surface area contributed by atoms with Gasteiger partial charge in [-0.25, -0.2) is 4.79 Å². The summed E-state index contributed by atoms with van der Waals surface area (Å²) in [5.41, 5.74) is 5.40. The van der Waals surface area contributed by atoms with Gasteiger partial charge in [0.1, 0.15) is 17.7 Å². The average molecular weight is 296 g/mol. The molecule has 7 nitrogen and oxygen atoms in total. The van der Waals surface area contributed by atoms with Crippen molar-refractivity contribution in [3.8, 4) is 0 Å². The lowest BCUT2D eigenvalue weighted by Crippen LogP contribution is -2.36. The van der Waals surface area contributed by atoms with Crippen LogP contribution in [-0.4, -0.2) is 33.9 Å². The number of nitrogens with one attached hydrogen (secondary N) is 1. The number of aliphatic carboxylic acids is 1. The van der Waals surface area contributed by atoms with E-state index in [1.165, 1.54) is 12.1 Å². The number of ether oxygens (including phenoxy) is 1. The second-order valence-corrected chi connectivity index (χ2v) is 5.56. The van der Waals surface area contributed by atoms with Gasteiger partial charge in [-0.3, -0.25) is 10.1 Å². The number of hydrogen-bond donors (Lipinski definition) is 4. The van der Waals surface area contributed by atoms with Crippen LogP contribution in [0.15, 0.2) is 24.3 Å². The zero-order valence-electron chi connectivity index (χ0n) is 12.2. The summed E-state index contributed by atoms with van der Waals surface area (Å²) in [4.78, 5) is 22.4. The highest BCUT2D eigenvalue weighted by Gasteiger charge is 2.24. The Morgan fingerprint density at radius 1 is 1.33 bits per heavy atom. The molecule has 2 atom stereocenters. The van der Waals surface area contributed by atoms with Gasteiger partial charge in [-0.05, 0) is 38.5 Å². The minimum atomic E-state index is -1.44. The minimum Gasteiger partial charge on any atom is -0.480 e. The van der Waals surface area contributed by atoms with E-state index in [4.69, 9.17) is 15.6 Å². The molecule has 0 aliphatic heterocycles. The number of carboxylic acids is 1. The third-order valence-corrected chi connectivity index (χ3v) is 2.50. The summed E-state index contributed by atoms with van der Waals surface area (Å²) in [6, 6.07) is 4.68. The Labute approximate surface area is 122 Å². The molecule has 5 N–H and O–H groups in total. The number of aliphatic hydroxyl groups excluding tert-OH is 1. The number of hydrogen-bond acceptors (Lipinski definition) is 5. The molecule has 7 heteroatoms. The van der Waals surface area contributed by atoms with Crippen LogP contribution in [0.3, 0.4) is 0 Å². The van der Waals surface area contributed by atoms with Crippen LogP contribution in [0.25, 0.3) is 0 Å². The van der Waals surface area contributed by atoms with Crippen molar-refractivity contribution in [1.29, 1.82) is 0 Å². The van der Waals surface area contributed by atoms with Crippen molar-refractivity contribution in [3.05, 3.63) is 29.8 Å². The van der Waals surface area contributed by atoms with E-state index in [-0.39, 0.29) is 0 Å². The van der Waals surface area contributed by atoms with E-state index in [2.05, 4.69) is 5.32 Å². The third kappa shape index (κ3) is 5.41. The molecule has 0 aliphatic carbocycles. The van der Waals surface area contributed by atoms with Crippen LogP contribution in [0.2, 0.25) is 0 Å². The van der Waals surface area contributed by atoms with Gasteiger partial charge in [0, 0.05) is 5.69 Å². The molecule has 0 saturated heterocycles. The number of nitrogens with two attached hydrogens (primary N) is 1. The molecule has 0 fully saturated rings. The highest BCUT2D eigenvalue weighted by molar-refractivity contribution is 5.85. The summed E-state index contributed by atoms with van der Waals surface area (Å²) >= 11 is 0. The van der Waals surface area contributed by atoms with Gasteiger partial charge in [-0.1, -0.05) is 12.1 Å². The molecule has 0 aliphatic rings. The fraction of sp³-hybridized carbons (Fsp3) is 0.429. The maximum Gasteiger partial charge on any atom is 0.412 e. The monoisotopic (exact) mass is 296 g/mol.